The number of aromatic carboxylic acids is 1. The number of hydrogen-bond acceptors (Lipinski definition) is 3. The summed E-state index contributed by atoms with van der Waals surface area (Å²) in [6, 6.07) is 5.92. The second kappa shape index (κ2) is 6.91. The maximum atomic E-state index is 11.7. The van der Waals surface area contributed by atoms with Gasteiger partial charge in [0, 0.05) is 19.8 Å². The number of nitrogens with one attached hydrogen (secondary N) is 2. The number of carboxylic acids is 1. The van der Waals surface area contributed by atoms with Gasteiger partial charge in [0.05, 0.1) is 11.3 Å². The van der Waals surface area contributed by atoms with E-state index in [1.165, 1.54) is 6.07 Å². The Balaban J connectivity index is 1.80. The second-order valence-corrected chi connectivity index (χ2v) is 4.75. The highest BCUT2D eigenvalue weighted by Gasteiger charge is 2.16. The van der Waals surface area contributed by atoms with E-state index >= 15 is 0 Å². The summed E-state index contributed by atoms with van der Waals surface area (Å²) in [6.07, 6.45) is 1.90. The second-order valence-electron chi connectivity index (χ2n) is 4.75. The summed E-state index contributed by atoms with van der Waals surface area (Å²) >= 11 is 0. The SMILES string of the molecule is O=C(NCCC1CCOC1)Nc1ccccc1C(=O)O. The van der Waals surface area contributed by atoms with E-state index in [0.29, 0.717) is 18.2 Å². The number of ether oxygens (including phenoxy) is 1. The smallest absolute Gasteiger partial charge is 0.337 e. The molecule has 0 saturated carbocycles. The predicted molar refractivity (Wildman–Crippen MR) is 74.0 cm³/mol. The Morgan fingerprint density at radius 2 is 2.15 bits per heavy atom. The molecule has 2 rings (SSSR count). The fourth-order valence-electron chi connectivity index (χ4n) is 2.15. The first-order chi connectivity index (χ1) is 9.66. The van der Waals surface area contributed by atoms with Crippen molar-refractivity contribution in [3.63, 3.8) is 0 Å². The Morgan fingerprint density at radius 1 is 1.35 bits per heavy atom. The number of para-hydroxylation sites is 1. The molecule has 1 aliphatic heterocycles. The van der Waals surface area contributed by atoms with Gasteiger partial charge in [-0.2, -0.15) is 0 Å². The van der Waals surface area contributed by atoms with Crippen molar-refractivity contribution in [2.24, 2.45) is 5.92 Å². The first kappa shape index (κ1) is 14.3. The maximum absolute atomic E-state index is 11.7. The molecule has 1 fully saturated rings. The first-order valence-corrected chi connectivity index (χ1v) is 6.61. The van der Waals surface area contributed by atoms with Crippen LogP contribution in [0.1, 0.15) is 23.2 Å². The number of carboxylic acid groups (broad SMARTS) is 1. The summed E-state index contributed by atoms with van der Waals surface area (Å²) in [5, 5.41) is 14.3. The van der Waals surface area contributed by atoms with Gasteiger partial charge < -0.3 is 20.5 Å². The fourth-order valence-corrected chi connectivity index (χ4v) is 2.15. The van der Waals surface area contributed by atoms with Gasteiger partial charge in [-0.1, -0.05) is 12.1 Å². The van der Waals surface area contributed by atoms with E-state index in [9.17, 15) is 9.59 Å². The van der Waals surface area contributed by atoms with Crippen LogP contribution in [-0.4, -0.2) is 36.9 Å². The average molecular weight is 278 g/mol. The zero-order valence-corrected chi connectivity index (χ0v) is 11.1. The Labute approximate surface area is 117 Å². The van der Waals surface area contributed by atoms with E-state index in [1.54, 1.807) is 18.2 Å². The van der Waals surface area contributed by atoms with E-state index in [2.05, 4.69) is 10.6 Å². The molecule has 108 valence electrons. The summed E-state index contributed by atoms with van der Waals surface area (Å²) in [6.45, 7) is 2.10. The molecule has 0 aliphatic carbocycles. The number of carbonyl (C=O) groups excluding carboxylic acids is 1. The third kappa shape index (κ3) is 3.96. The van der Waals surface area contributed by atoms with Crippen LogP contribution in [0.3, 0.4) is 0 Å². The average Bonchev–Trinajstić information content (AvgIpc) is 2.92. The third-order valence-corrected chi connectivity index (χ3v) is 3.27. The molecule has 1 aliphatic rings. The Hall–Kier alpha value is -2.08. The van der Waals surface area contributed by atoms with Crippen LogP contribution in [0, 0.1) is 5.92 Å². The van der Waals surface area contributed by atoms with Crippen LogP contribution >= 0.6 is 0 Å². The van der Waals surface area contributed by atoms with E-state index < -0.39 is 12.0 Å². The number of amides is 2. The van der Waals surface area contributed by atoms with Gasteiger partial charge in [0.2, 0.25) is 0 Å². The van der Waals surface area contributed by atoms with Crippen LogP contribution in [0.25, 0.3) is 0 Å². The Kier molecular flexibility index (Phi) is 4.95. The van der Waals surface area contributed by atoms with E-state index in [0.717, 1.165) is 26.1 Å². The normalized spacial score (nSPS) is 17.7. The first-order valence-electron chi connectivity index (χ1n) is 6.61. The van der Waals surface area contributed by atoms with Gasteiger partial charge >= 0.3 is 12.0 Å². The third-order valence-electron chi connectivity index (χ3n) is 3.27. The number of urea groups is 1. The van der Waals surface area contributed by atoms with Crippen LogP contribution in [0.5, 0.6) is 0 Å². The van der Waals surface area contributed by atoms with Gasteiger partial charge in [0.25, 0.3) is 0 Å². The number of carbonyl (C=O) groups is 2. The van der Waals surface area contributed by atoms with Crippen molar-refractivity contribution >= 4 is 17.7 Å². The zero-order valence-electron chi connectivity index (χ0n) is 11.1. The summed E-state index contributed by atoms with van der Waals surface area (Å²) in [4.78, 5) is 22.7. The van der Waals surface area contributed by atoms with Crippen molar-refractivity contribution in [3.05, 3.63) is 29.8 Å². The van der Waals surface area contributed by atoms with Crippen molar-refractivity contribution in [1.29, 1.82) is 0 Å². The minimum Gasteiger partial charge on any atom is -0.478 e. The number of anilines is 1. The molecule has 1 heterocycles. The maximum Gasteiger partial charge on any atom is 0.337 e. The lowest BCUT2D eigenvalue weighted by Crippen LogP contribution is -2.31. The number of benzene rings is 1. The molecule has 0 radical (unpaired) electrons. The molecule has 6 heteroatoms. The molecule has 6 nitrogen and oxygen atoms in total. The summed E-state index contributed by atoms with van der Waals surface area (Å²) in [5.41, 5.74) is 0.369. The number of rotatable bonds is 5. The predicted octanol–water partition coefficient (Wildman–Crippen LogP) is 1.93. The topological polar surface area (TPSA) is 87.7 Å². The van der Waals surface area contributed by atoms with Crippen LogP contribution in [0.15, 0.2) is 24.3 Å². The van der Waals surface area contributed by atoms with E-state index in [1.807, 2.05) is 0 Å². The quantitative estimate of drug-likeness (QED) is 0.768. The summed E-state index contributed by atoms with van der Waals surface area (Å²) < 4.78 is 5.26. The van der Waals surface area contributed by atoms with Gasteiger partial charge in [0.15, 0.2) is 0 Å². The standard InChI is InChI=1S/C14H18N2O4/c17-13(18)11-3-1-2-4-12(11)16-14(19)15-7-5-10-6-8-20-9-10/h1-4,10H,5-9H2,(H,17,18)(H2,15,16,19). The monoisotopic (exact) mass is 278 g/mol. The molecule has 2 amide bonds. The lowest BCUT2D eigenvalue weighted by atomic mass is 10.1. The summed E-state index contributed by atoms with van der Waals surface area (Å²) in [7, 11) is 0. The van der Waals surface area contributed by atoms with Crippen molar-refractivity contribution < 1.29 is 19.4 Å². The van der Waals surface area contributed by atoms with Crippen LogP contribution in [0.4, 0.5) is 10.5 Å². The molecule has 1 saturated heterocycles. The minimum absolute atomic E-state index is 0.0758. The van der Waals surface area contributed by atoms with Crippen LogP contribution < -0.4 is 10.6 Å². The highest BCUT2D eigenvalue weighted by molar-refractivity contribution is 5.99. The Morgan fingerprint density at radius 3 is 2.85 bits per heavy atom. The van der Waals surface area contributed by atoms with Gasteiger partial charge in [-0.15, -0.1) is 0 Å². The largest absolute Gasteiger partial charge is 0.478 e. The van der Waals surface area contributed by atoms with E-state index in [-0.39, 0.29) is 5.56 Å². The molecular formula is C14H18N2O4. The van der Waals surface area contributed by atoms with Crippen molar-refractivity contribution in [3.8, 4) is 0 Å². The molecule has 0 spiro atoms. The van der Waals surface area contributed by atoms with Gasteiger partial charge in [-0.25, -0.2) is 9.59 Å². The number of hydrogen-bond donors (Lipinski definition) is 3. The molecule has 1 aromatic rings. The minimum atomic E-state index is -1.07. The van der Waals surface area contributed by atoms with Gasteiger partial charge in [0.1, 0.15) is 0 Å². The molecule has 20 heavy (non-hydrogen) atoms. The zero-order chi connectivity index (χ0) is 14.4. The summed E-state index contributed by atoms with van der Waals surface area (Å²) in [5.74, 6) is -0.564. The van der Waals surface area contributed by atoms with Crippen molar-refractivity contribution in [2.45, 2.75) is 12.8 Å². The molecule has 3 N–H and O–H groups in total. The highest BCUT2D eigenvalue weighted by Crippen LogP contribution is 2.16. The van der Waals surface area contributed by atoms with E-state index in [4.69, 9.17) is 9.84 Å². The lowest BCUT2D eigenvalue weighted by molar-refractivity contribution is 0.0698. The molecule has 0 aromatic heterocycles. The molecule has 0 bridgehead atoms. The lowest BCUT2D eigenvalue weighted by Gasteiger charge is -2.11. The fraction of sp³-hybridized carbons (Fsp3) is 0.429. The molecular weight excluding hydrogens is 260 g/mol. The van der Waals surface area contributed by atoms with Crippen LogP contribution in [0.2, 0.25) is 0 Å². The van der Waals surface area contributed by atoms with Crippen LogP contribution in [-0.2, 0) is 4.74 Å². The van der Waals surface area contributed by atoms with Gasteiger partial charge in [-0.3, -0.25) is 0 Å². The molecule has 1 aromatic carbocycles. The van der Waals surface area contributed by atoms with Gasteiger partial charge in [-0.05, 0) is 30.9 Å². The van der Waals surface area contributed by atoms with Crippen molar-refractivity contribution in [1.82, 2.24) is 5.32 Å². The molecule has 1 atom stereocenters. The highest BCUT2D eigenvalue weighted by atomic mass is 16.5. The Bertz CT molecular complexity index is 484. The van der Waals surface area contributed by atoms with Crippen molar-refractivity contribution in [2.75, 3.05) is 25.1 Å². The molecule has 1 unspecified atom stereocenters.